The van der Waals surface area contributed by atoms with E-state index in [-0.39, 0.29) is 111 Å². The fourth-order valence-electron chi connectivity index (χ4n) is 25.7. The summed E-state index contributed by atoms with van der Waals surface area (Å²) in [5.41, 5.74) is 15.7. The van der Waals surface area contributed by atoms with Crippen LogP contribution in [0, 0.1) is 74.9 Å². The Balaban J connectivity index is 0.806. The van der Waals surface area contributed by atoms with E-state index in [9.17, 15) is 25.2 Å². The molecule has 2 aromatic carbocycles. The van der Waals surface area contributed by atoms with E-state index >= 15 is 4.79 Å². The molecule has 10 fully saturated rings. The van der Waals surface area contributed by atoms with Crippen LogP contribution in [0.15, 0.2) is 58.5 Å². The minimum Gasteiger partial charge on any atom is -0.504 e. The number of nitrogens with two attached hydrogens (primary N) is 2. The summed E-state index contributed by atoms with van der Waals surface area (Å²) in [5.74, 6) is 4.12. The highest BCUT2D eigenvalue weighted by atomic mass is 33.1. The van der Waals surface area contributed by atoms with Gasteiger partial charge < -0.3 is 56.9 Å². The molecule has 10 N–H and O–H groups in total. The Hall–Kier alpha value is -4.16. The molecule has 1 amide bonds. The van der Waals surface area contributed by atoms with Crippen LogP contribution in [-0.4, -0.2) is 115 Å². The first-order valence-corrected chi connectivity index (χ1v) is 39.6. The average molecular weight is 1310 g/mol. The van der Waals surface area contributed by atoms with Crippen molar-refractivity contribution in [2.75, 3.05) is 32.0 Å². The van der Waals surface area contributed by atoms with Gasteiger partial charge in [-0.3, -0.25) is 19.6 Å². The Labute approximate surface area is 560 Å². The van der Waals surface area contributed by atoms with Gasteiger partial charge in [-0.1, -0.05) is 77.3 Å². The molecule has 1 saturated heterocycles. The normalized spacial score (nSPS) is 43.9. The number of phenols is 1. The van der Waals surface area contributed by atoms with Crippen molar-refractivity contribution < 1.29 is 39.5 Å². The van der Waals surface area contributed by atoms with Gasteiger partial charge in [0.05, 0.1) is 12.2 Å². The minimum atomic E-state index is -0.892. The van der Waals surface area contributed by atoms with E-state index in [1.807, 2.05) is 4.90 Å². The molecule has 0 radical (unpaired) electrons. The lowest BCUT2D eigenvalue weighted by Gasteiger charge is -2.60. The van der Waals surface area contributed by atoms with Crippen LogP contribution in [0.5, 0.6) is 11.5 Å². The molecule has 93 heavy (non-hydrogen) atoms. The number of rotatable bonds is 7. The fraction of sp³-hybridized carbons (Fsp3) is 0.763. The van der Waals surface area contributed by atoms with Gasteiger partial charge in [-0.25, -0.2) is 0 Å². The van der Waals surface area contributed by atoms with E-state index in [0.29, 0.717) is 80.4 Å². The van der Waals surface area contributed by atoms with Crippen LogP contribution in [0.4, 0.5) is 0 Å². The van der Waals surface area contributed by atoms with Crippen molar-refractivity contribution in [3.63, 3.8) is 0 Å². The lowest BCUT2D eigenvalue weighted by Crippen LogP contribution is -2.60. The highest BCUT2D eigenvalue weighted by molar-refractivity contribution is 8.77. The van der Waals surface area contributed by atoms with E-state index in [1.165, 1.54) is 37.7 Å². The summed E-state index contributed by atoms with van der Waals surface area (Å²) < 4.78 is 14.2. The van der Waals surface area contributed by atoms with E-state index in [2.05, 4.69) is 85.8 Å². The summed E-state index contributed by atoms with van der Waals surface area (Å²) in [6.07, 6.45) is 31.8. The van der Waals surface area contributed by atoms with Crippen molar-refractivity contribution in [2.45, 2.75) is 252 Å². The third-order valence-corrected chi connectivity index (χ3v) is 32.7. The van der Waals surface area contributed by atoms with Crippen molar-refractivity contribution in [3.8, 4) is 11.5 Å². The maximum absolute atomic E-state index is 15.2. The predicted octanol–water partition coefficient (Wildman–Crippen LogP) is 12.1. The van der Waals surface area contributed by atoms with Gasteiger partial charge in [0.25, 0.3) is 0 Å². The van der Waals surface area contributed by atoms with Crippen LogP contribution in [-0.2, 0) is 27.3 Å². The Bertz CT molecular complexity index is 3260. The highest BCUT2D eigenvalue weighted by Gasteiger charge is 2.70. The number of aliphatic imine (C=N–C) groups is 2. The molecule has 17 heteroatoms. The summed E-state index contributed by atoms with van der Waals surface area (Å²) in [4.78, 5) is 40.7. The number of carbonyl (C=O) groups is 2. The number of ether oxygens (including phenoxy) is 2. The fourth-order valence-corrected chi connectivity index (χ4v) is 29.6. The first-order valence-electron chi connectivity index (χ1n) is 37.2. The first-order chi connectivity index (χ1) is 45.0. The number of nitrogens with one attached hydrogen (secondary N) is 2. The van der Waals surface area contributed by atoms with Gasteiger partial charge in [0.1, 0.15) is 16.1 Å². The largest absolute Gasteiger partial charge is 0.504 e. The van der Waals surface area contributed by atoms with E-state index in [4.69, 9.17) is 25.9 Å². The van der Waals surface area contributed by atoms with Gasteiger partial charge in [0.15, 0.2) is 23.4 Å². The molecular formula is C76H107N7O8S2. The number of hydrogen-bond acceptors (Lipinski definition) is 16. The molecule has 15 nitrogen and oxygen atoms in total. The number of allylic oxidation sites excluding steroid dienone is 1. The first kappa shape index (κ1) is 63.6. The topological polar surface area (TPSA) is 238 Å². The second-order valence-electron chi connectivity index (χ2n) is 33.3. The molecule has 12 bridgehead atoms. The maximum atomic E-state index is 15.2. The van der Waals surface area contributed by atoms with Gasteiger partial charge in [0.2, 0.25) is 5.91 Å². The monoisotopic (exact) mass is 1310 g/mol. The third-order valence-electron chi connectivity index (χ3n) is 29.4. The molecule has 10 aliphatic carbocycles. The summed E-state index contributed by atoms with van der Waals surface area (Å²) in [7, 11) is 4.13. The predicted molar refractivity (Wildman–Crippen MR) is 366 cm³/mol. The van der Waals surface area contributed by atoms with Crippen LogP contribution in [0.25, 0.3) is 0 Å². The average Bonchev–Trinajstić information content (AvgIpc) is 1.61. The van der Waals surface area contributed by atoms with Gasteiger partial charge in [-0.2, -0.15) is 0 Å². The Kier molecular flexibility index (Phi) is 16.7. The van der Waals surface area contributed by atoms with Crippen LogP contribution < -0.4 is 26.8 Å². The standard InChI is InChI=1S/C76H107N7O8S2/c1-46(85)90-75-39-51-15-17-55(75)35-52-33-53(65(88)66-64(52)48-21-30-74(91-66)28-7-14-54(74)34-48)43-83-45-71(41-62(83)87)56(19-20-60(71)47-11-3-2-4-12-47)42-80-69(78)82-76(29-9-25-70(76)23-5-6-24-70)93-92-44-57-18-16-50(63(51)61(86)40-75)38-72(57)26-10-27-73(72)37-49(13-8-32-84)59(67(73)89)36-58-22-31-79-68(77)81-58/h2-4,11-12,21,30,33,48-51,54-61,63,67,84,86,88-89H,5-10,13-20,22-29,31-32,34-45H2,1H3,(H3,77,79,81)(H3,78,80,82)/t48-,49+,50-,51-,54+,55+,56-,57+,58-,59-,60-,61+,63+,67-,71+,72-,73-,74+,75-,76+/m0/s1. The van der Waals surface area contributed by atoms with Gasteiger partial charge in [-0.05, 0) is 237 Å². The molecule has 506 valence electrons. The number of benzene rings is 2. The molecule has 0 aromatic heterocycles. The van der Waals surface area contributed by atoms with E-state index < -0.39 is 28.8 Å². The Morgan fingerprint density at radius 2 is 1.61 bits per heavy atom. The molecule has 2 aromatic rings. The maximum Gasteiger partial charge on any atom is 0.303 e. The number of aliphatic hydroxyl groups is 3. The number of phenolic OH excluding ortho intramolecular Hbond substituents is 1. The van der Waals surface area contributed by atoms with Crippen molar-refractivity contribution in [3.05, 3.63) is 70.8 Å². The number of esters is 1. The Morgan fingerprint density at radius 3 is 2.43 bits per heavy atom. The molecular weight excluding hydrogens is 1200 g/mol. The zero-order valence-corrected chi connectivity index (χ0v) is 57.0. The molecule has 20 atom stereocenters. The number of aromatic hydroxyl groups is 1. The highest BCUT2D eigenvalue weighted by Crippen LogP contribution is 2.74. The van der Waals surface area contributed by atoms with Crippen molar-refractivity contribution >= 4 is 45.4 Å². The second-order valence-corrected chi connectivity index (χ2v) is 36.0. The van der Waals surface area contributed by atoms with Crippen molar-refractivity contribution in [1.29, 1.82) is 0 Å². The smallest absolute Gasteiger partial charge is 0.303 e. The van der Waals surface area contributed by atoms with Gasteiger partial charge >= 0.3 is 5.97 Å². The molecule has 6 spiro atoms. The number of carbonyl (C=O) groups excluding carboxylic acids is 2. The van der Waals surface area contributed by atoms with E-state index in [1.54, 1.807) is 6.92 Å². The number of hydrogen-bond donors (Lipinski definition) is 8. The lowest BCUT2D eigenvalue weighted by atomic mass is 9.47. The lowest BCUT2D eigenvalue weighted by molar-refractivity contribution is -0.204. The van der Waals surface area contributed by atoms with Crippen LogP contribution in [0.1, 0.15) is 227 Å². The van der Waals surface area contributed by atoms with Crippen molar-refractivity contribution in [2.24, 2.45) is 96.4 Å². The minimum absolute atomic E-state index is 0.0285. The summed E-state index contributed by atoms with van der Waals surface area (Å²) in [6.45, 7) is 3.71. The SMILES string of the molecule is CC(=O)O[C@]12C[C@@H]3CC[C@@H]1Cc1cc(c(O)c4c1[C@H]1C=C[C@@]5(CCC[C@@H]5C1)O4)CN1C[C@]4(CC1=O)[C@@H](CC[C@H]4c1ccccc1)CN=C(N)N[C@]1(CCCC14CCCC4)SSC[C@H]1CC[C@@H](C[C@@]14CCC[C@@]41C[C@@H](CCCO)[C@H](C[C@@H]4CCN=C(N)N4)[C@@H]1O)[C@H]3[C@H](O)C2. The quantitative estimate of drug-likeness (QED) is 0.0731. The summed E-state index contributed by atoms with van der Waals surface area (Å²) in [5, 5.41) is 58.2. The number of guanidine groups is 2. The summed E-state index contributed by atoms with van der Waals surface area (Å²) in [6, 6.07) is 13.2. The molecule has 8 heterocycles. The van der Waals surface area contributed by atoms with E-state index in [0.717, 1.165) is 152 Å². The van der Waals surface area contributed by atoms with Crippen LogP contribution in [0.2, 0.25) is 0 Å². The molecule has 8 aliphatic heterocycles. The second kappa shape index (κ2) is 24.4. The molecule has 9 saturated carbocycles. The summed E-state index contributed by atoms with van der Waals surface area (Å²) >= 11 is 0. The van der Waals surface area contributed by atoms with Crippen LogP contribution >= 0.6 is 21.6 Å². The molecule has 20 rings (SSSR count). The zero-order valence-electron chi connectivity index (χ0n) is 55.4. The zero-order chi connectivity index (χ0) is 63.7. The van der Waals surface area contributed by atoms with Crippen LogP contribution in [0.3, 0.4) is 0 Å². The number of nitrogens with zero attached hydrogens (tertiary/aromatic N) is 3. The van der Waals surface area contributed by atoms with Gasteiger partial charge in [0, 0.05) is 109 Å². The Morgan fingerprint density at radius 1 is 0.828 bits per heavy atom. The van der Waals surface area contributed by atoms with Gasteiger partial charge in [-0.15, -0.1) is 0 Å². The molecule has 18 aliphatic rings. The number of aliphatic hydroxyl groups excluding tert-OH is 3. The molecule has 0 unspecified atom stereocenters. The number of amides is 1. The van der Waals surface area contributed by atoms with Crippen molar-refractivity contribution in [1.82, 2.24) is 15.5 Å². The third kappa shape index (κ3) is 10.4.